The lowest BCUT2D eigenvalue weighted by Gasteiger charge is -2.04. The van der Waals surface area contributed by atoms with E-state index in [1.54, 1.807) is 13.8 Å². The molecule has 0 saturated carbocycles. The van der Waals surface area contributed by atoms with Crippen molar-refractivity contribution in [3.8, 4) is 6.07 Å². The molecule has 0 radical (unpaired) electrons. The first-order valence-corrected chi connectivity index (χ1v) is 8.60. The Balaban J connectivity index is 2.42. The van der Waals surface area contributed by atoms with E-state index in [1.807, 2.05) is 36.4 Å². The van der Waals surface area contributed by atoms with Crippen molar-refractivity contribution in [3.05, 3.63) is 55.4 Å². The summed E-state index contributed by atoms with van der Waals surface area (Å²) in [6.45, 7) is 4.39. The van der Waals surface area contributed by atoms with Gasteiger partial charge in [-0.3, -0.25) is 9.36 Å². The first kappa shape index (κ1) is 18.5. The van der Waals surface area contributed by atoms with Crippen LogP contribution in [0.2, 0.25) is 0 Å². The molecule has 0 N–H and O–H groups in total. The maximum atomic E-state index is 12.3. The number of hydrogen-bond acceptors (Lipinski definition) is 6. The number of rotatable bonds is 6. The Morgan fingerprint density at radius 1 is 1.32 bits per heavy atom. The van der Waals surface area contributed by atoms with Gasteiger partial charge in [-0.25, -0.2) is 4.79 Å². The molecule has 0 amide bonds. The summed E-state index contributed by atoms with van der Waals surface area (Å²) in [6.07, 6.45) is 1.35. The maximum Gasteiger partial charge on any atom is 0.352 e. The zero-order chi connectivity index (χ0) is 18.2. The van der Waals surface area contributed by atoms with Crippen molar-refractivity contribution < 1.29 is 14.3 Å². The minimum atomic E-state index is -0.752. The molecule has 0 aliphatic carbocycles. The van der Waals surface area contributed by atoms with Crippen molar-refractivity contribution in [2.75, 3.05) is 6.61 Å². The topological polar surface area (TPSA) is 81.3 Å². The van der Waals surface area contributed by atoms with E-state index in [-0.39, 0.29) is 22.4 Å². The molecule has 0 unspecified atom stereocenters. The van der Waals surface area contributed by atoms with Gasteiger partial charge in [-0.2, -0.15) is 5.26 Å². The number of hydrogen-bond donors (Lipinski definition) is 0. The van der Waals surface area contributed by atoms with Crippen LogP contribution in [0.3, 0.4) is 0 Å². The Labute approximate surface area is 148 Å². The molecule has 2 rings (SSSR count). The SMILES string of the molecule is CCOC=c1sc(=C(C#N)C(=O)OCc2ccccc2)n(CC)c1=O. The van der Waals surface area contributed by atoms with Crippen molar-refractivity contribution in [1.29, 1.82) is 5.26 Å². The Kier molecular flexibility index (Phi) is 6.54. The number of thiazole rings is 1. The first-order chi connectivity index (χ1) is 12.1. The summed E-state index contributed by atoms with van der Waals surface area (Å²) in [7, 11) is 0. The molecule has 1 aromatic carbocycles. The minimum Gasteiger partial charge on any atom is -0.500 e. The van der Waals surface area contributed by atoms with Gasteiger partial charge in [-0.1, -0.05) is 30.3 Å². The van der Waals surface area contributed by atoms with E-state index in [9.17, 15) is 14.9 Å². The van der Waals surface area contributed by atoms with Crippen molar-refractivity contribution in [2.24, 2.45) is 0 Å². The summed E-state index contributed by atoms with van der Waals surface area (Å²) in [5.41, 5.74) is 0.341. The Bertz CT molecular complexity index is 952. The van der Waals surface area contributed by atoms with Gasteiger partial charge in [0.15, 0.2) is 5.57 Å². The van der Waals surface area contributed by atoms with Crippen molar-refractivity contribution in [2.45, 2.75) is 27.0 Å². The molecule has 0 bridgehead atoms. The van der Waals surface area contributed by atoms with Gasteiger partial charge in [0.25, 0.3) is 5.56 Å². The summed E-state index contributed by atoms with van der Waals surface area (Å²) < 4.78 is 12.4. The van der Waals surface area contributed by atoms with Crippen molar-refractivity contribution in [1.82, 2.24) is 4.57 Å². The molecule has 0 spiro atoms. The number of nitrogens with zero attached hydrogens (tertiary/aromatic N) is 2. The number of ether oxygens (including phenoxy) is 2. The van der Waals surface area contributed by atoms with Gasteiger partial charge >= 0.3 is 5.97 Å². The fourth-order valence-corrected chi connectivity index (χ4v) is 3.19. The van der Waals surface area contributed by atoms with Crippen LogP contribution in [0.5, 0.6) is 0 Å². The molecule has 1 heterocycles. The molecule has 1 aromatic heterocycles. The standard InChI is InChI=1S/C18H18N2O4S/c1-3-20-16(21)15(12-23-4-2)25-17(20)14(10-19)18(22)24-11-13-8-6-5-7-9-13/h5-9,12H,3-4,11H2,1-2H3. The number of benzene rings is 1. The summed E-state index contributed by atoms with van der Waals surface area (Å²) >= 11 is 1.04. The van der Waals surface area contributed by atoms with E-state index in [0.717, 1.165) is 16.9 Å². The third-order valence-electron chi connectivity index (χ3n) is 3.32. The molecule has 0 aliphatic rings. The normalized spacial score (nSPS) is 12.4. The van der Waals surface area contributed by atoms with Crippen LogP contribution in [0.1, 0.15) is 19.4 Å². The fraction of sp³-hybridized carbons (Fsp3) is 0.278. The minimum absolute atomic E-state index is 0.0600. The highest BCUT2D eigenvalue weighted by Crippen LogP contribution is 2.04. The summed E-state index contributed by atoms with van der Waals surface area (Å²) in [5, 5.41) is 9.41. The summed E-state index contributed by atoms with van der Waals surface area (Å²) in [5.74, 6) is -0.752. The molecular weight excluding hydrogens is 340 g/mol. The lowest BCUT2D eigenvalue weighted by Crippen LogP contribution is -2.32. The highest BCUT2D eigenvalue weighted by atomic mass is 32.1. The second kappa shape index (κ2) is 8.85. The maximum absolute atomic E-state index is 12.3. The van der Waals surface area contributed by atoms with Crippen LogP contribution in [0, 0.1) is 11.3 Å². The number of esters is 1. The van der Waals surface area contributed by atoms with Crippen molar-refractivity contribution in [3.63, 3.8) is 0 Å². The number of carbonyl (C=O) groups is 1. The predicted octanol–water partition coefficient (Wildman–Crippen LogP) is 1.12. The van der Waals surface area contributed by atoms with Gasteiger partial charge in [-0.05, 0) is 19.4 Å². The van der Waals surface area contributed by atoms with E-state index in [2.05, 4.69) is 0 Å². The number of carbonyl (C=O) groups excluding carboxylic acids is 1. The van der Waals surface area contributed by atoms with Gasteiger partial charge in [0.1, 0.15) is 28.1 Å². The Morgan fingerprint density at radius 2 is 2.04 bits per heavy atom. The molecule has 130 valence electrons. The van der Waals surface area contributed by atoms with Crippen molar-refractivity contribution >= 4 is 29.1 Å². The van der Waals surface area contributed by atoms with Crippen LogP contribution in [0.25, 0.3) is 11.8 Å². The summed E-state index contributed by atoms with van der Waals surface area (Å²) in [6, 6.07) is 11.0. The molecule has 0 atom stereocenters. The van der Waals surface area contributed by atoms with Crippen LogP contribution in [-0.4, -0.2) is 17.1 Å². The average Bonchev–Trinajstić information content (AvgIpc) is 2.95. The lowest BCUT2D eigenvalue weighted by molar-refractivity contribution is -0.137. The zero-order valence-electron chi connectivity index (χ0n) is 14.0. The third-order valence-corrected chi connectivity index (χ3v) is 4.43. The average molecular weight is 358 g/mol. The van der Waals surface area contributed by atoms with Gasteiger partial charge in [-0.15, -0.1) is 11.3 Å². The largest absolute Gasteiger partial charge is 0.500 e. The van der Waals surface area contributed by atoms with Gasteiger partial charge in [0.2, 0.25) is 0 Å². The van der Waals surface area contributed by atoms with E-state index >= 15 is 0 Å². The quantitative estimate of drug-likeness (QED) is 0.723. The van der Waals surface area contributed by atoms with Crippen LogP contribution in [0.15, 0.2) is 35.1 Å². The molecule has 6 nitrogen and oxygen atoms in total. The molecule has 25 heavy (non-hydrogen) atoms. The van der Waals surface area contributed by atoms with Crippen LogP contribution in [0.4, 0.5) is 0 Å². The van der Waals surface area contributed by atoms with Crippen LogP contribution >= 0.6 is 11.3 Å². The Morgan fingerprint density at radius 3 is 2.64 bits per heavy atom. The molecule has 0 fully saturated rings. The van der Waals surface area contributed by atoms with Crippen LogP contribution in [-0.2, 0) is 27.4 Å². The lowest BCUT2D eigenvalue weighted by atomic mass is 10.2. The highest BCUT2D eigenvalue weighted by molar-refractivity contribution is 7.07. The summed E-state index contributed by atoms with van der Waals surface area (Å²) in [4.78, 5) is 24.7. The molecule has 0 aliphatic heterocycles. The van der Waals surface area contributed by atoms with Gasteiger partial charge < -0.3 is 9.47 Å². The Hall–Kier alpha value is -2.85. The van der Waals surface area contributed by atoms with Gasteiger partial charge in [0, 0.05) is 6.54 Å². The smallest absolute Gasteiger partial charge is 0.352 e. The number of aromatic nitrogens is 1. The molecule has 7 heteroatoms. The van der Waals surface area contributed by atoms with Gasteiger partial charge in [0.05, 0.1) is 6.61 Å². The second-order valence-electron chi connectivity index (χ2n) is 4.94. The molecular formula is C18H18N2O4S. The zero-order valence-corrected chi connectivity index (χ0v) is 14.8. The van der Waals surface area contributed by atoms with E-state index < -0.39 is 5.97 Å². The second-order valence-corrected chi connectivity index (χ2v) is 5.97. The number of nitriles is 1. The molecule has 0 saturated heterocycles. The highest BCUT2D eigenvalue weighted by Gasteiger charge is 2.17. The fourth-order valence-electron chi connectivity index (χ4n) is 2.11. The van der Waals surface area contributed by atoms with Crippen LogP contribution < -0.4 is 14.8 Å². The first-order valence-electron chi connectivity index (χ1n) is 7.79. The van der Waals surface area contributed by atoms with E-state index in [1.165, 1.54) is 10.8 Å². The van der Waals surface area contributed by atoms with E-state index in [0.29, 0.717) is 17.7 Å². The predicted molar refractivity (Wildman–Crippen MR) is 94.9 cm³/mol. The monoisotopic (exact) mass is 358 g/mol. The third kappa shape index (κ3) is 4.37. The molecule has 2 aromatic rings. The van der Waals surface area contributed by atoms with E-state index in [4.69, 9.17) is 9.47 Å².